The summed E-state index contributed by atoms with van der Waals surface area (Å²) in [6.45, 7) is 8.01. The molecule has 0 heterocycles. The highest BCUT2D eigenvalue weighted by Crippen LogP contribution is 2.62. The molecule has 1 aromatic carbocycles. The van der Waals surface area contributed by atoms with Crippen molar-refractivity contribution < 1.29 is 19.1 Å². The molecule has 33 heavy (non-hydrogen) atoms. The van der Waals surface area contributed by atoms with Gasteiger partial charge in [-0.05, 0) is 81.8 Å². The van der Waals surface area contributed by atoms with Crippen LogP contribution in [-0.4, -0.2) is 25.2 Å². The van der Waals surface area contributed by atoms with Gasteiger partial charge >= 0.3 is 11.9 Å². The van der Waals surface area contributed by atoms with Crippen LogP contribution in [0.25, 0.3) is 0 Å². The third-order valence-electron chi connectivity index (χ3n) is 7.28. The normalized spacial score (nSPS) is 26.3. The van der Waals surface area contributed by atoms with Crippen LogP contribution < -0.4 is 0 Å². The molecule has 0 N–H and O–H groups in total. The molecule has 0 amide bonds. The van der Waals surface area contributed by atoms with E-state index < -0.39 is 5.41 Å². The maximum Gasteiger partial charge on any atom is 0.311 e. The van der Waals surface area contributed by atoms with Crippen LogP contribution in [0.4, 0.5) is 0 Å². The van der Waals surface area contributed by atoms with Crippen molar-refractivity contribution in [2.75, 3.05) is 7.11 Å². The molecule has 182 valence electrons. The lowest BCUT2D eigenvalue weighted by Gasteiger charge is -2.27. The molecule has 4 nitrogen and oxygen atoms in total. The predicted octanol–water partition coefficient (Wildman–Crippen LogP) is 6.31. The Morgan fingerprint density at radius 2 is 1.91 bits per heavy atom. The van der Waals surface area contributed by atoms with Crippen molar-refractivity contribution in [2.45, 2.75) is 85.2 Å². The maximum atomic E-state index is 12.6. The van der Waals surface area contributed by atoms with E-state index in [1.54, 1.807) is 0 Å². The summed E-state index contributed by atoms with van der Waals surface area (Å²) >= 11 is 0. The molecular formula is C29H42O4. The molecule has 0 spiro atoms. The van der Waals surface area contributed by atoms with E-state index in [2.05, 4.69) is 43.3 Å². The number of unbranched alkanes of at least 4 members (excludes halogenated alkanes) is 3. The van der Waals surface area contributed by atoms with E-state index in [1.165, 1.54) is 38.4 Å². The predicted molar refractivity (Wildman–Crippen MR) is 132 cm³/mol. The zero-order chi connectivity index (χ0) is 24.0. The first-order valence-electron chi connectivity index (χ1n) is 12.8. The first-order chi connectivity index (χ1) is 15.7. The van der Waals surface area contributed by atoms with Crippen LogP contribution in [0.5, 0.6) is 0 Å². The number of fused-ring (bicyclic) bond motifs is 1. The number of carbonyl (C=O) groups excluding carboxylic acids is 2. The summed E-state index contributed by atoms with van der Waals surface area (Å²) in [4.78, 5) is 24.2. The topological polar surface area (TPSA) is 52.6 Å². The zero-order valence-electron chi connectivity index (χ0n) is 21.1. The Labute approximate surface area is 200 Å². The average molecular weight is 455 g/mol. The molecular weight excluding hydrogens is 412 g/mol. The van der Waals surface area contributed by atoms with Gasteiger partial charge in [0.25, 0.3) is 0 Å². The highest BCUT2D eigenvalue weighted by Gasteiger charge is 2.61. The third kappa shape index (κ3) is 6.94. The van der Waals surface area contributed by atoms with E-state index in [1.807, 2.05) is 20.8 Å². The second-order valence-corrected chi connectivity index (χ2v) is 10.9. The number of carbonyl (C=O) groups is 2. The van der Waals surface area contributed by atoms with Gasteiger partial charge in [0.05, 0.1) is 12.5 Å². The molecule has 0 radical (unpaired) electrons. The largest absolute Gasteiger partial charge is 0.469 e. The highest BCUT2D eigenvalue weighted by molar-refractivity contribution is 5.75. The number of methoxy groups -OCH3 is 1. The minimum absolute atomic E-state index is 0.00445. The fraction of sp³-hybridized carbons (Fsp3) is 0.655. The van der Waals surface area contributed by atoms with Crippen molar-refractivity contribution in [3.63, 3.8) is 0 Å². The van der Waals surface area contributed by atoms with E-state index in [0.717, 1.165) is 18.4 Å². The summed E-state index contributed by atoms with van der Waals surface area (Å²) in [5.74, 6) is 1.94. The monoisotopic (exact) mass is 454 g/mol. The van der Waals surface area contributed by atoms with E-state index in [-0.39, 0.29) is 18.0 Å². The number of rotatable bonds is 11. The molecule has 0 bridgehead atoms. The molecule has 5 atom stereocenters. The van der Waals surface area contributed by atoms with E-state index in [9.17, 15) is 9.59 Å². The molecule has 4 heteroatoms. The minimum Gasteiger partial charge on any atom is -0.469 e. The minimum atomic E-state index is -0.482. The van der Waals surface area contributed by atoms with Gasteiger partial charge in [0.2, 0.25) is 0 Å². The molecule has 3 rings (SSSR count). The second kappa shape index (κ2) is 11.4. The lowest BCUT2D eigenvalue weighted by atomic mass is 9.88. The quantitative estimate of drug-likeness (QED) is 0.223. The van der Waals surface area contributed by atoms with Gasteiger partial charge in [-0.3, -0.25) is 9.59 Å². The van der Waals surface area contributed by atoms with Gasteiger partial charge in [-0.15, -0.1) is 0 Å². The number of allylic oxidation sites excluding steroid dienone is 2. The first-order valence-corrected chi connectivity index (χ1v) is 12.8. The van der Waals surface area contributed by atoms with Crippen LogP contribution in [-0.2, 0) is 31.9 Å². The van der Waals surface area contributed by atoms with Crippen molar-refractivity contribution in [1.82, 2.24) is 0 Å². The Kier molecular flexibility index (Phi) is 8.78. The van der Waals surface area contributed by atoms with Crippen molar-refractivity contribution >= 4 is 11.9 Å². The van der Waals surface area contributed by atoms with Gasteiger partial charge in [0, 0.05) is 12.3 Å². The Morgan fingerprint density at radius 1 is 1.15 bits per heavy atom. The standard InChI is InChI=1S/C29H42O4/c1-6-7-8-9-10-14-22-23-19-25(33-28(31)29(2,3)4)24(27(22)23)18-21-13-11-12-20(17-21)15-16-26(30)32-5/h10-14,17,22-25,27H,6-9,15-16,18-19H2,1-5H3/b14-10+. The Bertz CT molecular complexity index is 834. The van der Waals surface area contributed by atoms with Crippen molar-refractivity contribution in [2.24, 2.45) is 29.1 Å². The Morgan fingerprint density at radius 3 is 2.61 bits per heavy atom. The molecule has 0 aliphatic heterocycles. The lowest BCUT2D eigenvalue weighted by molar-refractivity contribution is -0.161. The lowest BCUT2D eigenvalue weighted by Crippen LogP contribution is -2.33. The molecule has 2 saturated carbocycles. The van der Waals surface area contributed by atoms with Crippen molar-refractivity contribution in [3.8, 4) is 0 Å². The summed E-state index contributed by atoms with van der Waals surface area (Å²) in [7, 11) is 1.43. The first kappa shape index (κ1) is 25.5. The molecule has 1 aromatic rings. The number of hydrogen-bond acceptors (Lipinski definition) is 4. The van der Waals surface area contributed by atoms with Crippen LogP contribution in [0.2, 0.25) is 0 Å². The Balaban J connectivity index is 1.68. The fourth-order valence-electron chi connectivity index (χ4n) is 5.32. The van der Waals surface area contributed by atoms with Gasteiger partial charge in [0.15, 0.2) is 0 Å². The van der Waals surface area contributed by atoms with Crippen LogP contribution in [0.15, 0.2) is 36.4 Å². The second-order valence-electron chi connectivity index (χ2n) is 10.9. The van der Waals surface area contributed by atoms with E-state index in [0.29, 0.717) is 36.5 Å². The summed E-state index contributed by atoms with van der Waals surface area (Å²) < 4.78 is 10.8. The summed E-state index contributed by atoms with van der Waals surface area (Å²) in [5, 5.41) is 0. The van der Waals surface area contributed by atoms with Gasteiger partial charge < -0.3 is 9.47 Å². The summed E-state index contributed by atoms with van der Waals surface area (Å²) in [5.41, 5.74) is 1.93. The molecule has 5 unspecified atom stereocenters. The number of aryl methyl sites for hydroxylation is 1. The molecule has 2 aliphatic carbocycles. The molecule has 2 aliphatic rings. The van der Waals surface area contributed by atoms with Crippen molar-refractivity contribution in [3.05, 3.63) is 47.5 Å². The summed E-state index contributed by atoms with van der Waals surface area (Å²) in [6.07, 6.45) is 12.8. The fourth-order valence-corrected chi connectivity index (χ4v) is 5.32. The number of esters is 2. The average Bonchev–Trinajstić information content (AvgIpc) is 3.34. The molecule has 0 saturated heterocycles. The van der Waals surface area contributed by atoms with Crippen LogP contribution in [0.3, 0.4) is 0 Å². The number of benzene rings is 1. The van der Waals surface area contributed by atoms with Gasteiger partial charge in [-0.25, -0.2) is 0 Å². The molecule has 0 aromatic heterocycles. The van der Waals surface area contributed by atoms with E-state index >= 15 is 0 Å². The van der Waals surface area contributed by atoms with Crippen LogP contribution in [0.1, 0.15) is 77.3 Å². The third-order valence-corrected chi connectivity index (χ3v) is 7.28. The van der Waals surface area contributed by atoms with Crippen LogP contribution in [0, 0.1) is 29.1 Å². The smallest absolute Gasteiger partial charge is 0.311 e. The maximum absolute atomic E-state index is 12.6. The highest BCUT2D eigenvalue weighted by atomic mass is 16.5. The SMILES string of the molecule is CCCCC/C=C/C1C2CC(OC(=O)C(C)(C)C)C(Cc3cccc(CCC(=O)OC)c3)C12. The van der Waals surface area contributed by atoms with Gasteiger partial charge in [-0.1, -0.05) is 56.2 Å². The molecule has 2 fully saturated rings. The van der Waals surface area contributed by atoms with Gasteiger partial charge in [-0.2, -0.15) is 0 Å². The van der Waals surface area contributed by atoms with Crippen molar-refractivity contribution in [1.29, 1.82) is 0 Å². The Hall–Kier alpha value is -2.10. The van der Waals surface area contributed by atoms with Crippen LogP contribution >= 0.6 is 0 Å². The summed E-state index contributed by atoms with van der Waals surface area (Å²) in [6, 6.07) is 8.51. The zero-order valence-corrected chi connectivity index (χ0v) is 21.1. The number of hydrogen-bond donors (Lipinski definition) is 0. The van der Waals surface area contributed by atoms with E-state index in [4.69, 9.17) is 9.47 Å². The number of ether oxygens (including phenoxy) is 2. The van der Waals surface area contributed by atoms with Gasteiger partial charge in [0.1, 0.15) is 6.10 Å².